The first-order chi connectivity index (χ1) is 7.81. The molecule has 1 fully saturated rings. The number of hydrogen-bond acceptors (Lipinski definition) is 2. The molecule has 1 amide bonds. The van der Waals surface area contributed by atoms with Gasteiger partial charge >= 0.3 is 0 Å². The molecule has 1 saturated heterocycles. The van der Waals surface area contributed by atoms with E-state index in [9.17, 15) is 4.79 Å². The number of nitrogens with zero attached hydrogens (tertiary/aromatic N) is 1. The van der Waals surface area contributed by atoms with Crippen molar-refractivity contribution in [1.29, 1.82) is 0 Å². The Morgan fingerprint density at radius 2 is 2.19 bits per heavy atom. The average molecular weight is 284 g/mol. The summed E-state index contributed by atoms with van der Waals surface area (Å²) in [5.74, 6) is 0.129. The van der Waals surface area contributed by atoms with Crippen molar-refractivity contribution in [2.45, 2.75) is 6.10 Å². The molecule has 1 aliphatic rings. The zero-order valence-corrected chi connectivity index (χ0v) is 10.5. The van der Waals surface area contributed by atoms with Gasteiger partial charge in [-0.2, -0.15) is 0 Å². The quantitative estimate of drug-likeness (QED) is 0.777. The number of benzene rings is 1. The maximum absolute atomic E-state index is 11.6. The lowest BCUT2D eigenvalue weighted by atomic mass is 10.1. The van der Waals surface area contributed by atoms with Crippen LogP contribution in [0.5, 0.6) is 0 Å². The Balaban J connectivity index is 2.05. The topological polar surface area (TPSA) is 29.5 Å². The second-order valence-corrected chi connectivity index (χ2v) is 4.30. The predicted octanol–water partition coefficient (Wildman–Crippen LogP) is 1.98. The number of ether oxygens (including phenoxy) is 1. The normalized spacial score (nSPS) is 20.8. The van der Waals surface area contributed by atoms with Crippen molar-refractivity contribution in [3.63, 3.8) is 0 Å². The smallest absolute Gasteiger partial charge is 0.233 e. The second kappa shape index (κ2) is 5.46. The van der Waals surface area contributed by atoms with Crippen LogP contribution in [-0.2, 0) is 9.53 Å². The zero-order chi connectivity index (χ0) is 11.4. The van der Waals surface area contributed by atoms with Crippen LogP contribution in [0.2, 0.25) is 0 Å². The van der Waals surface area contributed by atoms with Crippen LogP contribution in [-0.4, -0.2) is 35.8 Å². The van der Waals surface area contributed by atoms with Gasteiger partial charge in [0.05, 0.1) is 18.5 Å². The fourth-order valence-electron chi connectivity index (χ4n) is 1.83. The first-order valence-corrected chi connectivity index (χ1v) is 6.43. The summed E-state index contributed by atoms with van der Waals surface area (Å²) in [6.07, 6.45) is 0.0120. The highest BCUT2D eigenvalue weighted by atomic mass is 79.9. The SMILES string of the molecule is O=C(CBr)N1CCO[C@@H](c2ccccc2)C1. The first kappa shape index (κ1) is 11.6. The van der Waals surface area contributed by atoms with Crippen molar-refractivity contribution in [2.24, 2.45) is 0 Å². The van der Waals surface area contributed by atoms with Gasteiger partial charge in [0, 0.05) is 6.54 Å². The van der Waals surface area contributed by atoms with E-state index in [1.165, 1.54) is 0 Å². The third-order valence-corrected chi connectivity index (χ3v) is 3.18. The molecule has 0 spiro atoms. The maximum Gasteiger partial charge on any atom is 0.233 e. The van der Waals surface area contributed by atoms with E-state index in [4.69, 9.17) is 4.74 Å². The van der Waals surface area contributed by atoms with Crippen LogP contribution < -0.4 is 0 Å². The van der Waals surface area contributed by atoms with Crippen LogP contribution in [0.4, 0.5) is 0 Å². The predicted molar refractivity (Wildman–Crippen MR) is 65.5 cm³/mol. The molecular weight excluding hydrogens is 270 g/mol. The van der Waals surface area contributed by atoms with E-state index in [2.05, 4.69) is 15.9 Å². The highest BCUT2D eigenvalue weighted by molar-refractivity contribution is 9.09. The molecular formula is C12H14BrNO2. The standard InChI is InChI=1S/C12H14BrNO2/c13-8-12(15)14-6-7-16-11(9-14)10-4-2-1-3-5-10/h1-5,11H,6-9H2/t11-/m1/s1. The van der Waals surface area contributed by atoms with Gasteiger partial charge in [-0.3, -0.25) is 4.79 Å². The van der Waals surface area contributed by atoms with Gasteiger partial charge < -0.3 is 9.64 Å². The monoisotopic (exact) mass is 283 g/mol. The molecule has 1 aliphatic heterocycles. The molecule has 1 aromatic rings. The Hall–Kier alpha value is -0.870. The molecule has 1 atom stereocenters. The summed E-state index contributed by atoms with van der Waals surface area (Å²) in [6.45, 7) is 1.94. The van der Waals surface area contributed by atoms with E-state index in [-0.39, 0.29) is 12.0 Å². The summed E-state index contributed by atoms with van der Waals surface area (Å²) in [5.41, 5.74) is 1.13. The summed E-state index contributed by atoms with van der Waals surface area (Å²) >= 11 is 3.19. The summed E-state index contributed by atoms with van der Waals surface area (Å²) in [7, 11) is 0. The third-order valence-electron chi connectivity index (χ3n) is 2.70. The average Bonchev–Trinajstić information content (AvgIpc) is 2.39. The zero-order valence-electron chi connectivity index (χ0n) is 8.93. The Labute approximate surface area is 104 Å². The number of alkyl halides is 1. The van der Waals surface area contributed by atoms with Gasteiger partial charge in [-0.25, -0.2) is 0 Å². The molecule has 1 aromatic carbocycles. The van der Waals surface area contributed by atoms with Gasteiger partial charge in [0.25, 0.3) is 0 Å². The minimum Gasteiger partial charge on any atom is -0.370 e. The molecule has 86 valence electrons. The number of carbonyl (C=O) groups excluding carboxylic acids is 1. The van der Waals surface area contributed by atoms with Crippen molar-refractivity contribution < 1.29 is 9.53 Å². The van der Waals surface area contributed by atoms with Crippen molar-refractivity contribution in [3.8, 4) is 0 Å². The Kier molecular flexibility index (Phi) is 3.96. The number of carbonyl (C=O) groups is 1. The second-order valence-electron chi connectivity index (χ2n) is 3.74. The Bertz CT molecular complexity index is 355. The first-order valence-electron chi connectivity index (χ1n) is 5.31. The number of amides is 1. The summed E-state index contributed by atoms with van der Waals surface area (Å²) < 4.78 is 5.68. The number of hydrogen-bond donors (Lipinski definition) is 0. The lowest BCUT2D eigenvalue weighted by Gasteiger charge is -2.32. The van der Waals surface area contributed by atoms with E-state index in [1.54, 1.807) is 0 Å². The van der Waals surface area contributed by atoms with E-state index in [0.29, 0.717) is 25.0 Å². The highest BCUT2D eigenvalue weighted by Crippen LogP contribution is 2.21. The van der Waals surface area contributed by atoms with Crippen molar-refractivity contribution in [1.82, 2.24) is 4.90 Å². The van der Waals surface area contributed by atoms with Crippen LogP contribution in [0.15, 0.2) is 30.3 Å². The van der Waals surface area contributed by atoms with Gasteiger partial charge in [-0.15, -0.1) is 0 Å². The van der Waals surface area contributed by atoms with E-state index in [1.807, 2.05) is 35.2 Å². The van der Waals surface area contributed by atoms with Gasteiger partial charge in [-0.1, -0.05) is 46.3 Å². The van der Waals surface area contributed by atoms with Crippen molar-refractivity contribution in [3.05, 3.63) is 35.9 Å². The largest absolute Gasteiger partial charge is 0.370 e. The third kappa shape index (κ3) is 2.62. The summed E-state index contributed by atoms with van der Waals surface area (Å²) in [5, 5.41) is 0.383. The lowest BCUT2D eigenvalue weighted by Crippen LogP contribution is -2.42. The molecule has 0 radical (unpaired) electrons. The van der Waals surface area contributed by atoms with Crippen LogP contribution in [0.3, 0.4) is 0 Å². The lowest BCUT2D eigenvalue weighted by molar-refractivity contribution is -0.136. The van der Waals surface area contributed by atoms with Gasteiger partial charge in [0.1, 0.15) is 6.10 Å². The fraction of sp³-hybridized carbons (Fsp3) is 0.417. The number of rotatable bonds is 2. The molecule has 0 unspecified atom stereocenters. The van der Waals surface area contributed by atoms with Gasteiger partial charge in [-0.05, 0) is 5.56 Å². The number of morpholine rings is 1. The molecule has 0 bridgehead atoms. The molecule has 0 N–H and O–H groups in total. The maximum atomic E-state index is 11.6. The molecule has 1 heterocycles. The Morgan fingerprint density at radius 1 is 1.44 bits per heavy atom. The van der Waals surface area contributed by atoms with E-state index < -0.39 is 0 Å². The molecule has 0 saturated carbocycles. The van der Waals surface area contributed by atoms with Crippen LogP contribution in [0, 0.1) is 0 Å². The Morgan fingerprint density at radius 3 is 2.88 bits per heavy atom. The molecule has 16 heavy (non-hydrogen) atoms. The molecule has 4 heteroatoms. The molecule has 0 aromatic heterocycles. The van der Waals surface area contributed by atoms with E-state index in [0.717, 1.165) is 5.56 Å². The van der Waals surface area contributed by atoms with Crippen LogP contribution in [0.1, 0.15) is 11.7 Å². The summed E-state index contributed by atoms with van der Waals surface area (Å²) in [4.78, 5) is 13.4. The van der Waals surface area contributed by atoms with E-state index >= 15 is 0 Å². The molecule has 0 aliphatic carbocycles. The minimum absolute atomic E-state index is 0.0120. The molecule has 2 rings (SSSR count). The summed E-state index contributed by atoms with van der Waals surface area (Å²) in [6, 6.07) is 10.0. The number of halogens is 1. The van der Waals surface area contributed by atoms with Crippen molar-refractivity contribution >= 4 is 21.8 Å². The fourth-order valence-corrected chi connectivity index (χ4v) is 2.18. The van der Waals surface area contributed by atoms with Gasteiger partial charge in [0.2, 0.25) is 5.91 Å². The minimum atomic E-state index is 0.0120. The highest BCUT2D eigenvalue weighted by Gasteiger charge is 2.24. The van der Waals surface area contributed by atoms with Gasteiger partial charge in [0.15, 0.2) is 0 Å². The van der Waals surface area contributed by atoms with Crippen LogP contribution >= 0.6 is 15.9 Å². The van der Waals surface area contributed by atoms with Crippen LogP contribution in [0.25, 0.3) is 0 Å². The molecule has 3 nitrogen and oxygen atoms in total. The van der Waals surface area contributed by atoms with Crippen molar-refractivity contribution in [2.75, 3.05) is 25.0 Å².